The van der Waals surface area contributed by atoms with E-state index in [4.69, 9.17) is 0 Å². The van der Waals surface area contributed by atoms with E-state index >= 15 is 0 Å². The second-order valence-corrected chi connectivity index (χ2v) is 11.2. The van der Waals surface area contributed by atoms with Crippen molar-refractivity contribution in [3.05, 3.63) is 84.1 Å². The van der Waals surface area contributed by atoms with Gasteiger partial charge in [-0.05, 0) is 53.4 Å². The maximum absolute atomic E-state index is 12.7. The number of amides is 1. The molecule has 2 heterocycles. The molecule has 9 nitrogen and oxygen atoms in total. The summed E-state index contributed by atoms with van der Waals surface area (Å²) in [4.78, 5) is 32.8. The van der Waals surface area contributed by atoms with E-state index in [1.165, 1.54) is 29.7 Å². The number of pyridine rings is 1. The molecule has 1 atom stereocenters. The van der Waals surface area contributed by atoms with Gasteiger partial charge in [-0.3, -0.25) is 14.6 Å². The molecule has 0 bridgehead atoms. The summed E-state index contributed by atoms with van der Waals surface area (Å²) in [6.07, 6.45) is 4.88. The molecule has 4 aromatic rings. The van der Waals surface area contributed by atoms with Crippen molar-refractivity contribution < 1.29 is 23.1 Å². The predicted molar refractivity (Wildman–Crippen MR) is 142 cm³/mol. The number of nitrogens with one attached hydrogen (secondary N) is 2. The summed E-state index contributed by atoms with van der Waals surface area (Å²) >= 11 is 1.29. The van der Waals surface area contributed by atoms with Gasteiger partial charge in [0.05, 0.1) is 11.1 Å². The molecular formula is C26H24N4O5S2. The normalized spacial score (nSPS) is 12.3. The van der Waals surface area contributed by atoms with Crippen molar-refractivity contribution in [1.82, 2.24) is 14.7 Å². The van der Waals surface area contributed by atoms with Crippen LogP contribution in [0.1, 0.15) is 23.5 Å². The van der Waals surface area contributed by atoms with Gasteiger partial charge in [0.1, 0.15) is 15.9 Å². The van der Waals surface area contributed by atoms with Crippen LogP contribution in [-0.2, 0) is 14.8 Å². The van der Waals surface area contributed by atoms with Gasteiger partial charge in [-0.1, -0.05) is 38.1 Å². The molecule has 0 aliphatic rings. The van der Waals surface area contributed by atoms with Gasteiger partial charge in [0.15, 0.2) is 0 Å². The minimum Gasteiger partial charge on any atom is -0.480 e. The van der Waals surface area contributed by atoms with Crippen LogP contribution in [-0.4, -0.2) is 41.4 Å². The second kappa shape index (κ2) is 11.0. The molecule has 1 amide bonds. The molecule has 2 aromatic carbocycles. The van der Waals surface area contributed by atoms with Crippen molar-refractivity contribution >= 4 is 38.9 Å². The number of rotatable bonds is 9. The van der Waals surface area contributed by atoms with Crippen molar-refractivity contribution in [2.75, 3.05) is 5.32 Å². The number of nitrogens with zero attached hydrogens (tertiary/aromatic N) is 2. The SMILES string of the molecule is CC(C)[C@H](NS(=O)(=O)c1ccc(-c2ccc(NC(=O)c3cnc(-c4ccncc4)s3)cc2)cc1)C(=O)O. The summed E-state index contributed by atoms with van der Waals surface area (Å²) in [5.74, 6) is -1.91. The quantitative estimate of drug-likeness (QED) is 0.286. The molecular weight excluding hydrogens is 512 g/mol. The zero-order valence-electron chi connectivity index (χ0n) is 20.0. The summed E-state index contributed by atoms with van der Waals surface area (Å²) in [5.41, 5.74) is 3.07. The van der Waals surface area contributed by atoms with E-state index in [-0.39, 0.29) is 10.8 Å². The fourth-order valence-corrected chi connectivity index (χ4v) is 5.63. The van der Waals surface area contributed by atoms with Crippen LogP contribution in [0.3, 0.4) is 0 Å². The maximum atomic E-state index is 12.7. The number of aliphatic carboxylic acids is 1. The largest absolute Gasteiger partial charge is 0.480 e. The van der Waals surface area contributed by atoms with Crippen molar-refractivity contribution in [1.29, 1.82) is 0 Å². The first-order valence-electron chi connectivity index (χ1n) is 11.3. The molecule has 11 heteroatoms. The highest BCUT2D eigenvalue weighted by Gasteiger charge is 2.28. The molecule has 0 aliphatic carbocycles. The van der Waals surface area contributed by atoms with E-state index in [9.17, 15) is 23.1 Å². The molecule has 0 unspecified atom stereocenters. The lowest BCUT2D eigenvalue weighted by atomic mass is 10.1. The zero-order valence-corrected chi connectivity index (χ0v) is 21.6. The smallest absolute Gasteiger partial charge is 0.322 e. The van der Waals surface area contributed by atoms with Crippen LogP contribution >= 0.6 is 11.3 Å². The van der Waals surface area contributed by atoms with E-state index in [1.54, 1.807) is 50.5 Å². The third-order valence-corrected chi connectivity index (χ3v) is 8.01. The number of hydrogen-bond donors (Lipinski definition) is 3. The van der Waals surface area contributed by atoms with Gasteiger partial charge >= 0.3 is 5.97 Å². The molecule has 0 saturated heterocycles. The number of carboxylic acid groups (broad SMARTS) is 1. The van der Waals surface area contributed by atoms with Crippen LogP contribution in [0.2, 0.25) is 0 Å². The minimum atomic E-state index is -4.00. The Bertz CT molecular complexity index is 1500. The Morgan fingerprint density at radius 3 is 2.05 bits per heavy atom. The maximum Gasteiger partial charge on any atom is 0.322 e. The number of sulfonamides is 1. The van der Waals surface area contributed by atoms with Crippen LogP contribution in [0.15, 0.2) is 84.1 Å². The molecule has 190 valence electrons. The monoisotopic (exact) mass is 536 g/mol. The lowest BCUT2D eigenvalue weighted by molar-refractivity contribution is -0.140. The van der Waals surface area contributed by atoms with Crippen LogP contribution < -0.4 is 10.0 Å². The molecule has 4 rings (SSSR count). The number of hydrogen-bond acceptors (Lipinski definition) is 7. The highest BCUT2D eigenvalue weighted by Crippen LogP contribution is 2.26. The van der Waals surface area contributed by atoms with E-state index in [2.05, 4.69) is 20.0 Å². The van der Waals surface area contributed by atoms with Crippen LogP contribution in [0.25, 0.3) is 21.7 Å². The molecule has 0 spiro atoms. The summed E-state index contributed by atoms with van der Waals surface area (Å²) < 4.78 is 27.5. The standard InChI is InChI=1S/C26H24N4O5S2/c1-16(2)23(26(32)33)30-37(34,35)21-9-5-18(6-10-21)17-3-7-20(8-4-17)29-24(31)22-15-28-25(36-22)19-11-13-27-14-12-19/h3-16,23,30H,1-2H3,(H,29,31)(H,32,33)/t23-/m0/s1. The number of aromatic nitrogens is 2. The van der Waals surface area contributed by atoms with E-state index < -0.39 is 28.0 Å². The summed E-state index contributed by atoms with van der Waals surface area (Å²) in [6.45, 7) is 3.27. The van der Waals surface area contributed by atoms with Crippen LogP contribution in [0, 0.1) is 5.92 Å². The fourth-order valence-electron chi connectivity index (χ4n) is 3.48. The van der Waals surface area contributed by atoms with Crippen LogP contribution in [0.4, 0.5) is 5.69 Å². The second-order valence-electron chi connectivity index (χ2n) is 8.50. The molecule has 0 fully saturated rings. The van der Waals surface area contributed by atoms with Crippen molar-refractivity contribution in [2.45, 2.75) is 24.8 Å². The minimum absolute atomic E-state index is 0.0253. The Hall–Kier alpha value is -3.93. The fraction of sp³-hybridized carbons (Fsp3) is 0.154. The van der Waals surface area contributed by atoms with Gasteiger partial charge in [-0.2, -0.15) is 4.72 Å². The summed E-state index contributed by atoms with van der Waals surface area (Å²) in [5, 5.41) is 12.9. The number of carbonyl (C=O) groups excluding carboxylic acids is 1. The molecule has 0 saturated carbocycles. The van der Waals surface area contributed by atoms with Crippen molar-refractivity contribution in [2.24, 2.45) is 5.92 Å². The summed E-state index contributed by atoms with van der Waals surface area (Å²) in [6, 6.07) is 15.7. The van der Waals surface area contributed by atoms with E-state index in [1.807, 2.05) is 24.3 Å². The Morgan fingerprint density at radius 2 is 1.49 bits per heavy atom. The highest BCUT2D eigenvalue weighted by molar-refractivity contribution is 7.89. The first-order valence-corrected chi connectivity index (χ1v) is 13.6. The average Bonchev–Trinajstić information content (AvgIpc) is 3.39. The Balaban J connectivity index is 1.42. The van der Waals surface area contributed by atoms with Crippen molar-refractivity contribution in [3.63, 3.8) is 0 Å². The van der Waals surface area contributed by atoms with Gasteiger partial charge in [0.2, 0.25) is 10.0 Å². The predicted octanol–water partition coefficient (Wildman–Crippen LogP) is 4.51. The first-order chi connectivity index (χ1) is 17.6. The third-order valence-electron chi connectivity index (χ3n) is 5.51. The molecule has 2 aromatic heterocycles. The Labute approximate surface area is 218 Å². The van der Waals surface area contributed by atoms with Gasteiger partial charge < -0.3 is 10.4 Å². The highest BCUT2D eigenvalue weighted by atomic mass is 32.2. The van der Waals surface area contributed by atoms with E-state index in [0.29, 0.717) is 10.6 Å². The number of benzene rings is 2. The average molecular weight is 537 g/mol. The zero-order chi connectivity index (χ0) is 26.6. The molecule has 37 heavy (non-hydrogen) atoms. The molecule has 0 radical (unpaired) electrons. The molecule has 0 aliphatic heterocycles. The van der Waals surface area contributed by atoms with Gasteiger partial charge in [-0.15, -0.1) is 11.3 Å². The summed E-state index contributed by atoms with van der Waals surface area (Å²) in [7, 11) is -4.00. The Kier molecular flexibility index (Phi) is 7.77. The third kappa shape index (κ3) is 6.26. The van der Waals surface area contributed by atoms with Gasteiger partial charge in [0, 0.05) is 23.6 Å². The van der Waals surface area contributed by atoms with Gasteiger partial charge in [-0.25, -0.2) is 13.4 Å². The number of thiazole rings is 1. The Morgan fingerprint density at radius 1 is 0.892 bits per heavy atom. The lowest BCUT2D eigenvalue weighted by Crippen LogP contribution is -2.44. The van der Waals surface area contributed by atoms with Crippen molar-refractivity contribution in [3.8, 4) is 21.7 Å². The first kappa shape index (κ1) is 26.1. The number of carbonyl (C=O) groups is 2. The van der Waals surface area contributed by atoms with Gasteiger partial charge in [0.25, 0.3) is 5.91 Å². The topological polar surface area (TPSA) is 138 Å². The number of carboxylic acids is 1. The van der Waals surface area contributed by atoms with Crippen LogP contribution in [0.5, 0.6) is 0 Å². The molecule has 3 N–H and O–H groups in total. The number of anilines is 1. The lowest BCUT2D eigenvalue weighted by Gasteiger charge is -2.18. The van der Waals surface area contributed by atoms with E-state index in [0.717, 1.165) is 21.7 Å².